The van der Waals surface area contributed by atoms with Crippen LogP contribution in [0.5, 0.6) is 0 Å². The Morgan fingerprint density at radius 2 is 1.77 bits per heavy atom. The largest absolute Gasteiger partial charge is 0.383 e. The number of benzene rings is 2. The van der Waals surface area contributed by atoms with Crippen molar-refractivity contribution >= 4 is 27.4 Å². The summed E-state index contributed by atoms with van der Waals surface area (Å²) in [5, 5.41) is 9.88. The van der Waals surface area contributed by atoms with E-state index in [2.05, 4.69) is 33.9 Å². The number of nitrogen functional groups attached to an aromatic ring is 1. The van der Waals surface area contributed by atoms with E-state index >= 15 is 0 Å². The molecule has 0 fully saturated rings. The first-order valence-corrected chi connectivity index (χ1v) is 11.1. The van der Waals surface area contributed by atoms with Gasteiger partial charge in [-0.3, -0.25) is 0 Å². The first-order chi connectivity index (χ1) is 14.9. The van der Waals surface area contributed by atoms with Crippen molar-refractivity contribution in [1.29, 1.82) is 5.26 Å². The van der Waals surface area contributed by atoms with Gasteiger partial charge in [0.1, 0.15) is 23.3 Å². The first-order valence-electron chi connectivity index (χ1n) is 10.3. The molecule has 0 unspecified atom stereocenters. The van der Waals surface area contributed by atoms with Crippen molar-refractivity contribution < 1.29 is 4.39 Å². The van der Waals surface area contributed by atoms with Crippen molar-refractivity contribution in [2.24, 2.45) is 0 Å². The Morgan fingerprint density at radius 3 is 2.35 bits per heavy atom. The van der Waals surface area contributed by atoms with Gasteiger partial charge in [0.25, 0.3) is 0 Å². The van der Waals surface area contributed by atoms with Crippen LogP contribution in [0.4, 0.5) is 15.9 Å². The van der Waals surface area contributed by atoms with Crippen LogP contribution in [0.15, 0.2) is 46.9 Å². The molecule has 1 heterocycles. The van der Waals surface area contributed by atoms with Crippen LogP contribution in [-0.2, 0) is 6.42 Å². The molecule has 2 N–H and O–H groups in total. The van der Waals surface area contributed by atoms with E-state index in [1.54, 1.807) is 12.1 Å². The number of anilines is 2. The third kappa shape index (κ3) is 4.88. The van der Waals surface area contributed by atoms with E-state index in [-0.39, 0.29) is 11.6 Å². The smallest absolute Gasteiger partial charge is 0.142 e. The molecule has 0 saturated heterocycles. The normalized spacial score (nSPS) is 10.7. The van der Waals surface area contributed by atoms with Crippen LogP contribution in [0.25, 0.3) is 22.4 Å². The fourth-order valence-electron chi connectivity index (χ4n) is 3.68. The average Bonchev–Trinajstić information content (AvgIpc) is 2.76. The summed E-state index contributed by atoms with van der Waals surface area (Å²) in [7, 11) is 3.99. The van der Waals surface area contributed by atoms with E-state index in [1.165, 1.54) is 6.07 Å². The zero-order chi connectivity index (χ0) is 22.5. The molecule has 160 valence electrons. The monoisotopic (exact) mass is 480 g/mol. The molecule has 0 spiro atoms. The van der Waals surface area contributed by atoms with Crippen LogP contribution in [0, 0.1) is 17.1 Å². The maximum Gasteiger partial charge on any atom is 0.142 e. The molecule has 0 aliphatic heterocycles. The van der Waals surface area contributed by atoms with Gasteiger partial charge in [-0.25, -0.2) is 9.37 Å². The lowest BCUT2D eigenvalue weighted by atomic mass is 9.89. The SMILES string of the molecule is CCCCCc1c(-c2ccc(N(C)C)cc2)nc(N)c(C#N)c1-c1ccc(F)c(Br)c1. The van der Waals surface area contributed by atoms with Gasteiger partial charge in [0.2, 0.25) is 0 Å². The number of aromatic nitrogens is 1. The minimum atomic E-state index is -0.351. The van der Waals surface area contributed by atoms with Gasteiger partial charge in [-0.15, -0.1) is 0 Å². The Hall–Kier alpha value is -2.91. The second-order valence-corrected chi connectivity index (χ2v) is 8.57. The molecule has 6 heteroatoms. The Labute approximate surface area is 191 Å². The zero-order valence-electron chi connectivity index (χ0n) is 18.0. The van der Waals surface area contributed by atoms with Crippen molar-refractivity contribution in [3.63, 3.8) is 0 Å². The summed E-state index contributed by atoms with van der Waals surface area (Å²) in [6, 6.07) is 15.1. The van der Waals surface area contributed by atoms with Crippen molar-refractivity contribution in [3.05, 3.63) is 63.9 Å². The highest BCUT2D eigenvalue weighted by Crippen LogP contribution is 2.39. The number of hydrogen-bond acceptors (Lipinski definition) is 4. The van der Waals surface area contributed by atoms with Crippen LogP contribution in [0.1, 0.15) is 37.3 Å². The number of pyridine rings is 1. The summed E-state index contributed by atoms with van der Waals surface area (Å²) in [6.07, 6.45) is 3.87. The number of nitriles is 1. The summed E-state index contributed by atoms with van der Waals surface area (Å²) in [4.78, 5) is 6.69. The molecule has 0 atom stereocenters. The highest BCUT2D eigenvalue weighted by Gasteiger charge is 2.21. The third-order valence-corrected chi connectivity index (χ3v) is 5.94. The molecule has 3 rings (SSSR count). The van der Waals surface area contributed by atoms with Crippen LogP contribution in [0.3, 0.4) is 0 Å². The van der Waals surface area contributed by atoms with E-state index in [1.807, 2.05) is 43.3 Å². The van der Waals surface area contributed by atoms with Crippen LogP contribution >= 0.6 is 15.9 Å². The summed E-state index contributed by atoms with van der Waals surface area (Å²) in [6.45, 7) is 2.15. The lowest BCUT2D eigenvalue weighted by molar-refractivity contribution is 0.621. The summed E-state index contributed by atoms with van der Waals surface area (Å²) in [5.74, 6) is -0.166. The Kier molecular flexibility index (Phi) is 7.29. The zero-order valence-corrected chi connectivity index (χ0v) is 19.6. The molecular weight excluding hydrogens is 455 g/mol. The Morgan fingerprint density at radius 1 is 1.10 bits per heavy atom. The van der Waals surface area contributed by atoms with E-state index in [9.17, 15) is 9.65 Å². The summed E-state index contributed by atoms with van der Waals surface area (Å²) >= 11 is 3.27. The van der Waals surface area contributed by atoms with E-state index in [0.717, 1.165) is 59.3 Å². The van der Waals surface area contributed by atoms with Gasteiger partial charge in [-0.05, 0) is 64.2 Å². The molecule has 0 radical (unpaired) electrons. The van der Waals surface area contributed by atoms with Crippen molar-refractivity contribution in [2.45, 2.75) is 32.6 Å². The number of halogens is 2. The molecule has 1 aromatic heterocycles. The van der Waals surface area contributed by atoms with E-state index in [0.29, 0.717) is 10.0 Å². The quantitative estimate of drug-likeness (QED) is 0.388. The second-order valence-electron chi connectivity index (χ2n) is 7.71. The number of hydrogen-bond donors (Lipinski definition) is 1. The number of rotatable bonds is 7. The lowest BCUT2D eigenvalue weighted by Gasteiger charge is -2.19. The van der Waals surface area contributed by atoms with Crippen LogP contribution in [0.2, 0.25) is 0 Å². The Bertz CT molecular complexity index is 1120. The van der Waals surface area contributed by atoms with Gasteiger partial charge < -0.3 is 10.6 Å². The molecule has 0 amide bonds. The van der Waals surface area contributed by atoms with E-state index < -0.39 is 0 Å². The highest BCUT2D eigenvalue weighted by molar-refractivity contribution is 9.10. The molecule has 2 aromatic carbocycles. The number of nitrogens with zero attached hydrogens (tertiary/aromatic N) is 3. The summed E-state index contributed by atoms with van der Waals surface area (Å²) in [5.41, 5.74) is 11.8. The molecular formula is C25H26BrFN4. The maximum atomic E-state index is 13.9. The highest BCUT2D eigenvalue weighted by atomic mass is 79.9. The molecule has 4 nitrogen and oxygen atoms in total. The summed E-state index contributed by atoms with van der Waals surface area (Å²) < 4.78 is 14.3. The predicted octanol–water partition coefficient (Wildman–Crippen LogP) is 6.57. The molecule has 0 saturated carbocycles. The molecule has 0 aliphatic carbocycles. The minimum absolute atomic E-state index is 0.184. The lowest BCUT2D eigenvalue weighted by Crippen LogP contribution is -2.08. The molecule has 31 heavy (non-hydrogen) atoms. The van der Waals surface area contributed by atoms with Gasteiger partial charge in [0.05, 0.1) is 10.2 Å². The van der Waals surface area contributed by atoms with Gasteiger partial charge in [0.15, 0.2) is 0 Å². The van der Waals surface area contributed by atoms with Gasteiger partial charge in [-0.2, -0.15) is 5.26 Å². The number of nitrogens with two attached hydrogens (primary N) is 1. The predicted molar refractivity (Wildman–Crippen MR) is 129 cm³/mol. The van der Waals surface area contributed by atoms with Crippen LogP contribution in [-0.4, -0.2) is 19.1 Å². The average molecular weight is 481 g/mol. The second kappa shape index (κ2) is 9.93. The molecule has 0 bridgehead atoms. The van der Waals surface area contributed by atoms with Crippen LogP contribution < -0.4 is 10.6 Å². The van der Waals surface area contributed by atoms with Crippen molar-refractivity contribution in [2.75, 3.05) is 24.7 Å². The van der Waals surface area contributed by atoms with Gasteiger partial charge in [-0.1, -0.05) is 38.0 Å². The molecule has 0 aliphatic rings. The van der Waals surface area contributed by atoms with Gasteiger partial charge in [0, 0.05) is 30.9 Å². The maximum absolute atomic E-state index is 13.9. The van der Waals surface area contributed by atoms with E-state index in [4.69, 9.17) is 5.73 Å². The Balaban J connectivity index is 2.28. The molecule has 3 aromatic rings. The topological polar surface area (TPSA) is 65.9 Å². The fraction of sp³-hybridized carbons (Fsp3) is 0.280. The minimum Gasteiger partial charge on any atom is -0.383 e. The van der Waals surface area contributed by atoms with Crippen molar-refractivity contribution in [1.82, 2.24) is 4.98 Å². The first kappa shape index (κ1) is 22.8. The van der Waals surface area contributed by atoms with Gasteiger partial charge >= 0.3 is 0 Å². The standard InChI is InChI=1S/C25H26BrFN4/c1-4-5-6-7-19-23(17-10-13-22(27)21(26)14-17)20(15-28)25(29)30-24(19)16-8-11-18(12-9-16)31(2)3/h8-14H,4-7H2,1-3H3,(H2,29,30). The third-order valence-electron chi connectivity index (χ3n) is 5.33. The van der Waals surface area contributed by atoms with Crippen molar-refractivity contribution in [3.8, 4) is 28.5 Å². The fourth-order valence-corrected chi connectivity index (χ4v) is 4.05. The number of unbranched alkanes of at least 4 members (excludes halogenated alkanes) is 2.